The molecule has 11 heteroatoms. The summed E-state index contributed by atoms with van der Waals surface area (Å²) in [5.74, 6) is 4.39. The summed E-state index contributed by atoms with van der Waals surface area (Å²) in [7, 11) is -3.23. The van der Waals surface area contributed by atoms with Crippen molar-refractivity contribution in [3.8, 4) is 0 Å². The third-order valence-electron chi connectivity index (χ3n) is 4.89. The number of hydrogen-bond donors (Lipinski definition) is 2. The average molecular weight is 430 g/mol. The van der Waals surface area contributed by atoms with Gasteiger partial charge in [0.15, 0.2) is 11.8 Å². The number of rotatable bonds is 7. The number of aliphatic imine (C=N–C) groups is 1. The number of aryl methyl sites for hydroxylation is 2. The zero-order valence-corrected chi connectivity index (χ0v) is 18.4. The van der Waals surface area contributed by atoms with Crippen molar-refractivity contribution < 1.29 is 8.42 Å². The normalized spacial score (nSPS) is 21.4. The van der Waals surface area contributed by atoms with Crippen LogP contribution in [0, 0.1) is 0 Å². The third-order valence-corrected chi connectivity index (χ3v) is 7.68. The summed E-state index contributed by atoms with van der Waals surface area (Å²) in [5, 5.41) is 11.2. The fourth-order valence-electron chi connectivity index (χ4n) is 3.37. The smallest absolute Gasteiger partial charge is 0.215 e. The van der Waals surface area contributed by atoms with Gasteiger partial charge in [0, 0.05) is 50.0 Å². The quantitative estimate of drug-likeness (QED) is 0.467. The van der Waals surface area contributed by atoms with Crippen molar-refractivity contribution >= 4 is 27.7 Å². The van der Waals surface area contributed by atoms with Gasteiger partial charge in [-0.2, -0.15) is 16.9 Å². The van der Waals surface area contributed by atoms with E-state index in [1.54, 1.807) is 16.1 Å². The second kappa shape index (κ2) is 9.93. The molecular formula is C17H31N7O2S2. The van der Waals surface area contributed by atoms with Crippen LogP contribution >= 0.6 is 11.8 Å². The summed E-state index contributed by atoms with van der Waals surface area (Å²) < 4.78 is 28.5. The van der Waals surface area contributed by atoms with Crippen LogP contribution in [0.3, 0.4) is 0 Å². The number of thioether (sulfide) groups is 1. The maximum Gasteiger partial charge on any atom is 0.215 e. The van der Waals surface area contributed by atoms with E-state index in [0.29, 0.717) is 19.0 Å². The second-order valence-corrected chi connectivity index (χ2v) is 10.3. The Morgan fingerprint density at radius 1 is 1.32 bits per heavy atom. The Labute approximate surface area is 171 Å². The monoisotopic (exact) mass is 429 g/mol. The van der Waals surface area contributed by atoms with Crippen molar-refractivity contribution in [2.24, 2.45) is 4.99 Å². The molecule has 1 fully saturated rings. The fraction of sp³-hybridized carbons (Fsp3) is 0.824. The van der Waals surface area contributed by atoms with Crippen LogP contribution < -0.4 is 10.6 Å². The molecule has 2 N–H and O–H groups in total. The first-order valence-electron chi connectivity index (χ1n) is 10.0. The number of nitrogens with one attached hydrogen (secondary N) is 2. The molecule has 1 unspecified atom stereocenters. The molecule has 1 aromatic rings. The highest BCUT2D eigenvalue weighted by molar-refractivity contribution is 7.99. The minimum absolute atomic E-state index is 0.0476. The van der Waals surface area contributed by atoms with Crippen molar-refractivity contribution in [3.63, 3.8) is 0 Å². The summed E-state index contributed by atoms with van der Waals surface area (Å²) in [6, 6.07) is 0.201. The Morgan fingerprint density at radius 3 is 2.82 bits per heavy atom. The molecule has 0 saturated carbocycles. The topological polar surface area (TPSA) is 105 Å². The molecule has 9 nitrogen and oxygen atoms in total. The third kappa shape index (κ3) is 5.60. The minimum atomic E-state index is -3.23. The fourth-order valence-corrected chi connectivity index (χ4v) is 5.82. The van der Waals surface area contributed by atoms with Gasteiger partial charge in [-0.1, -0.05) is 6.92 Å². The van der Waals surface area contributed by atoms with Gasteiger partial charge in [0.05, 0.1) is 18.8 Å². The van der Waals surface area contributed by atoms with E-state index >= 15 is 0 Å². The van der Waals surface area contributed by atoms with Crippen LogP contribution in [0.4, 0.5) is 0 Å². The van der Waals surface area contributed by atoms with E-state index in [1.807, 2.05) is 11.6 Å². The Kier molecular flexibility index (Phi) is 7.58. The molecule has 0 aromatic carbocycles. The second-order valence-electron chi connectivity index (χ2n) is 6.95. The number of aromatic nitrogens is 3. The standard InChI is InChI=1S/C17H31N7O2S2/c1-3-15-21-16-6-5-14(13-24(16)22-15)20-17(18-4-2)19-7-12-28(25,26)23-8-10-27-11-9-23/h14H,3-13H2,1-2H3,(H2,18,19,20). The lowest BCUT2D eigenvalue weighted by molar-refractivity contribution is 0.392. The van der Waals surface area contributed by atoms with Gasteiger partial charge in [0.25, 0.3) is 0 Å². The molecule has 0 radical (unpaired) electrons. The molecule has 28 heavy (non-hydrogen) atoms. The zero-order valence-electron chi connectivity index (χ0n) is 16.7. The largest absolute Gasteiger partial charge is 0.357 e. The van der Waals surface area contributed by atoms with Gasteiger partial charge in [-0.25, -0.2) is 22.4 Å². The molecule has 1 atom stereocenters. The van der Waals surface area contributed by atoms with Gasteiger partial charge >= 0.3 is 0 Å². The van der Waals surface area contributed by atoms with Crippen LogP contribution in [0.5, 0.6) is 0 Å². The Bertz CT molecular complexity index is 772. The van der Waals surface area contributed by atoms with Crippen LogP contribution in [-0.4, -0.2) is 82.9 Å². The zero-order chi connectivity index (χ0) is 20.0. The van der Waals surface area contributed by atoms with E-state index in [9.17, 15) is 8.42 Å². The molecule has 1 aromatic heterocycles. The Balaban J connectivity index is 1.55. The number of guanidine groups is 1. The molecule has 0 spiro atoms. The number of sulfonamides is 1. The van der Waals surface area contributed by atoms with E-state index in [0.717, 1.165) is 55.5 Å². The SMILES string of the molecule is CCNC(=NCCS(=O)(=O)N1CCSCC1)NC1CCc2nc(CC)nn2C1. The van der Waals surface area contributed by atoms with E-state index < -0.39 is 10.0 Å². The van der Waals surface area contributed by atoms with Gasteiger partial charge in [-0.05, 0) is 13.3 Å². The van der Waals surface area contributed by atoms with Crippen LogP contribution in [-0.2, 0) is 29.4 Å². The lowest BCUT2D eigenvalue weighted by Crippen LogP contribution is -2.47. The first kappa shape index (κ1) is 21.4. The van der Waals surface area contributed by atoms with Gasteiger partial charge in [-0.15, -0.1) is 0 Å². The van der Waals surface area contributed by atoms with E-state index in [1.165, 1.54) is 0 Å². The summed E-state index contributed by atoms with van der Waals surface area (Å²) >= 11 is 1.80. The molecule has 0 bridgehead atoms. The minimum Gasteiger partial charge on any atom is -0.357 e. The van der Waals surface area contributed by atoms with Crippen molar-refractivity contribution in [2.75, 3.05) is 43.4 Å². The molecule has 2 aliphatic rings. The maximum absolute atomic E-state index is 12.5. The van der Waals surface area contributed by atoms with E-state index in [2.05, 4.69) is 32.6 Å². The lowest BCUT2D eigenvalue weighted by atomic mass is 10.1. The van der Waals surface area contributed by atoms with Crippen molar-refractivity contribution in [2.45, 2.75) is 45.7 Å². The molecule has 158 valence electrons. The van der Waals surface area contributed by atoms with E-state index in [-0.39, 0.29) is 18.3 Å². The predicted molar refractivity (Wildman–Crippen MR) is 113 cm³/mol. The van der Waals surface area contributed by atoms with Crippen molar-refractivity contribution in [1.82, 2.24) is 29.7 Å². The maximum atomic E-state index is 12.5. The number of nitrogens with zero attached hydrogens (tertiary/aromatic N) is 5. The number of hydrogen-bond acceptors (Lipinski definition) is 6. The molecular weight excluding hydrogens is 398 g/mol. The molecule has 3 heterocycles. The lowest BCUT2D eigenvalue weighted by Gasteiger charge is -2.26. The Morgan fingerprint density at radius 2 is 2.11 bits per heavy atom. The van der Waals surface area contributed by atoms with E-state index in [4.69, 9.17) is 0 Å². The predicted octanol–water partition coefficient (Wildman–Crippen LogP) is 0.0890. The molecule has 0 aliphatic carbocycles. The summed E-state index contributed by atoms with van der Waals surface area (Å²) in [4.78, 5) is 9.05. The number of fused-ring (bicyclic) bond motifs is 1. The summed E-state index contributed by atoms with van der Waals surface area (Å²) in [5.41, 5.74) is 0. The van der Waals surface area contributed by atoms with Crippen molar-refractivity contribution in [3.05, 3.63) is 11.6 Å². The summed E-state index contributed by atoms with van der Waals surface area (Å²) in [6.07, 6.45) is 2.67. The molecule has 3 rings (SSSR count). The van der Waals surface area contributed by atoms with Crippen LogP contribution in [0.1, 0.15) is 31.9 Å². The molecule has 1 saturated heterocycles. The summed E-state index contributed by atoms with van der Waals surface area (Å²) in [6.45, 7) is 7.00. The van der Waals surface area contributed by atoms with Gasteiger partial charge in [0.1, 0.15) is 5.82 Å². The van der Waals surface area contributed by atoms with Crippen LogP contribution in [0.15, 0.2) is 4.99 Å². The molecule has 0 amide bonds. The molecule has 2 aliphatic heterocycles. The first-order valence-corrected chi connectivity index (χ1v) is 12.8. The van der Waals surface area contributed by atoms with Crippen LogP contribution in [0.25, 0.3) is 0 Å². The highest BCUT2D eigenvalue weighted by Crippen LogP contribution is 2.14. The van der Waals surface area contributed by atoms with Crippen LogP contribution in [0.2, 0.25) is 0 Å². The van der Waals surface area contributed by atoms with Gasteiger partial charge < -0.3 is 10.6 Å². The van der Waals surface area contributed by atoms with Gasteiger partial charge in [-0.3, -0.25) is 4.99 Å². The average Bonchev–Trinajstić information content (AvgIpc) is 3.11. The Hall–Kier alpha value is -1.33. The van der Waals surface area contributed by atoms with Gasteiger partial charge in [0.2, 0.25) is 10.0 Å². The highest BCUT2D eigenvalue weighted by atomic mass is 32.2. The highest BCUT2D eigenvalue weighted by Gasteiger charge is 2.24. The first-order chi connectivity index (χ1) is 13.5. The van der Waals surface area contributed by atoms with Crippen molar-refractivity contribution in [1.29, 1.82) is 0 Å².